The van der Waals surface area contributed by atoms with Gasteiger partial charge in [0.05, 0.1) is 0 Å². The van der Waals surface area contributed by atoms with Gasteiger partial charge in [-0.1, -0.05) is 27.7 Å². The minimum Gasteiger partial charge on any atom is -0.370 e. The molecule has 0 bridgehead atoms. The standard InChI is InChI=1S/C13H23N3S/c1-5-7-14-12-8-13(17-9-10(3)4)16-11(6-2)15-12/h8,10H,5-7,9H2,1-4H3,(H,14,15,16). The van der Waals surface area contributed by atoms with Gasteiger partial charge in [0.2, 0.25) is 0 Å². The van der Waals surface area contributed by atoms with E-state index in [0.29, 0.717) is 5.92 Å². The van der Waals surface area contributed by atoms with E-state index < -0.39 is 0 Å². The topological polar surface area (TPSA) is 37.8 Å². The van der Waals surface area contributed by atoms with Crippen molar-refractivity contribution in [3.63, 3.8) is 0 Å². The maximum absolute atomic E-state index is 4.54. The van der Waals surface area contributed by atoms with Crippen LogP contribution in [0.1, 0.15) is 39.9 Å². The Bertz CT molecular complexity index is 339. The van der Waals surface area contributed by atoms with E-state index in [4.69, 9.17) is 0 Å². The molecule has 0 spiro atoms. The lowest BCUT2D eigenvalue weighted by Gasteiger charge is -2.09. The molecule has 0 aliphatic heterocycles. The van der Waals surface area contributed by atoms with Crippen molar-refractivity contribution in [3.8, 4) is 0 Å². The highest BCUT2D eigenvalue weighted by molar-refractivity contribution is 7.99. The normalized spacial score (nSPS) is 10.9. The minimum atomic E-state index is 0.687. The van der Waals surface area contributed by atoms with Crippen molar-refractivity contribution >= 4 is 17.6 Å². The number of thioether (sulfide) groups is 1. The highest BCUT2D eigenvalue weighted by Gasteiger charge is 2.04. The van der Waals surface area contributed by atoms with Gasteiger partial charge in [-0.2, -0.15) is 0 Å². The Morgan fingerprint density at radius 2 is 2.06 bits per heavy atom. The molecule has 17 heavy (non-hydrogen) atoms. The third-order valence-corrected chi connectivity index (χ3v) is 3.52. The van der Waals surface area contributed by atoms with Gasteiger partial charge < -0.3 is 5.32 Å². The number of nitrogens with zero attached hydrogens (tertiary/aromatic N) is 2. The first-order chi connectivity index (χ1) is 8.15. The number of anilines is 1. The van der Waals surface area contributed by atoms with Crippen LogP contribution in [0.5, 0.6) is 0 Å². The molecule has 4 heteroatoms. The zero-order valence-corrected chi connectivity index (χ0v) is 12.1. The molecule has 1 heterocycles. The number of nitrogens with one attached hydrogen (secondary N) is 1. The Kier molecular flexibility index (Phi) is 6.34. The molecule has 1 N–H and O–H groups in total. The maximum atomic E-state index is 4.54. The second-order valence-corrected chi connectivity index (χ2v) is 5.53. The summed E-state index contributed by atoms with van der Waals surface area (Å²) in [4.78, 5) is 9.02. The van der Waals surface area contributed by atoms with E-state index in [1.54, 1.807) is 0 Å². The third kappa shape index (κ3) is 5.39. The zero-order valence-electron chi connectivity index (χ0n) is 11.3. The summed E-state index contributed by atoms with van der Waals surface area (Å²) in [7, 11) is 0. The Hall–Kier alpha value is -0.770. The SMILES string of the molecule is CCCNc1cc(SCC(C)C)nc(CC)n1. The highest BCUT2D eigenvalue weighted by Crippen LogP contribution is 2.21. The monoisotopic (exact) mass is 253 g/mol. The maximum Gasteiger partial charge on any atom is 0.131 e. The van der Waals surface area contributed by atoms with Crippen LogP contribution < -0.4 is 5.32 Å². The Morgan fingerprint density at radius 1 is 1.29 bits per heavy atom. The van der Waals surface area contributed by atoms with Crippen LogP contribution in [-0.4, -0.2) is 22.3 Å². The minimum absolute atomic E-state index is 0.687. The fourth-order valence-corrected chi connectivity index (χ4v) is 2.17. The molecule has 1 aromatic rings. The van der Waals surface area contributed by atoms with Crippen molar-refractivity contribution in [2.75, 3.05) is 17.6 Å². The summed E-state index contributed by atoms with van der Waals surface area (Å²) in [5.74, 6) is 3.68. The number of aromatic nitrogens is 2. The molecule has 0 saturated heterocycles. The van der Waals surface area contributed by atoms with Gasteiger partial charge in [-0.3, -0.25) is 0 Å². The third-order valence-electron chi connectivity index (χ3n) is 2.19. The van der Waals surface area contributed by atoms with Crippen molar-refractivity contribution in [1.29, 1.82) is 0 Å². The first-order valence-corrected chi connectivity index (χ1v) is 7.38. The van der Waals surface area contributed by atoms with E-state index in [0.717, 1.165) is 41.8 Å². The van der Waals surface area contributed by atoms with Crippen LogP contribution in [0.25, 0.3) is 0 Å². The lowest BCUT2D eigenvalue weighted by atomic mass is 10.3. The predicted molar refractivity (Wildman–Crippen MR) is 75.8 cm³/mol. The summed E-state index contributed by atoms with van der Waals surface area (Å²) in [6, 6.07) is 2.06. The van der Waals surface area contributed by atoms with E-state index >= 15 is 0 Å². The van der Waals surface area contributed by atoms with Gasteiger partial charge in [0.15, 0.2) is 0 Å². The van der Waals surface area contributed by atoms with Crippen LogP contribution in [0.3, 0.4) is 0 Å². The van der Waals surface area contributed by atoms with E-state index in [1.807, 2.05) is 11.8 Å². The Morgan fingerprint density at radius 3 is 2.65 bits per heavy atom. The highest BCUT2D eigenvalue weighted by atomic mass is 32.2. The predicted octanol–water partition coefficient (Wildman–Crippen LogP) is 3.61. The molecule has 0 aromatic carbocycles. The molecule has 96 valence electrons. The summed E-state index contributed by atoms with van der Waals surface area (Å²) in [5.41, 5.74) is 0. The van der Waals surface area contributed by atoms with Gasteiger partial charge in [0, 0.05) is 24.8 Å². The summed E-state index contributed by atoms with van der Waals surface area (Å²) in [6.45, 7) is 9.67. The second-order valence-electron chi connectivity index (χ2n) is 4.49. The van der Waals surface area contributed by atoms with Gasteiger partial charge in [0.25, 0.3) is 0 Å². The second kappa shape index (κ2) is 7.54. The summed E-state index contributed by atoms with van der Waals surface area (Å²) < 4.78 is 0. The van der Waals surface area contributed by atoms with Crippen molar-refractivity contribution < 1.29 is 0 Å². The molecule has 3 nitrogen and oxygen atoms in total. The summed E-state index contributed by atoms with van der Waals surface area (Å²) in [6.07, 6.45) is 2.00. The molecule has 1 aromatic heterocycles. The van der Waals surface area contributed by atoms with Crippen molar-refractivity contribution in [2.45, 2.75) is 45.6 Å². The number of hydrogen-bond acceptors (Lipinski definition) is 4. The number of rotatable bonds is 7. The molecule has 0 unspecified atom stereocenters. The zero-order chi connectivity index (χ0) is 12.7. The number of hydrogen-bond donors (Lipinski definition) is 1. The van der Waals surface area contributed by atoms with Gasteiger partial charge in [-0.25, -0.2) is 9.97 Å². The van der Waals surface area contributed by atoms with Crippen LogP contribution in [0, 0.1) is 5.92 Å². The van der Waals surface area contributed by atoms with Crippen molar-refractivity contribution in [1.82, 2.24) is 9.97 Å². The Labute approximate surface area is 109 Å². The van der Waals surface area contributed by atoms with Gasteiger partial charge >= 0.3 is 0 Å². The molecule has 0 atom stereocenters. The average molecular weight is 253 g/mol. The van der Waals surface area contributed by atoms with Crippen LogP contribution >= 0.6 is 11.8 Å². The molecule has 0 fully saturated rings. The largest absolute Gasteiger partial charge is 0.370 e. The van der Waals surface area contributed by atoms with Crippen LogP contribution in [0.4, 0.5) is 5.82 Å². The lowest BCUT2D eigenvalue weighted by molar-refractivity contribution is 0.748. The average Bonchev–Trinajstić information content (AvgIpc) is 2.33. The van der Waals surface area contributed by atoms with Crippen molar-refractivity contribution in [3.05, 3.63) is 11.9 Å². The first kappa shape index (κ1) is 14.3. The van der Waals surface area contributed by atoms with E-state index in [1.165, 1.54) is 0 Å². The smallest absolute Gasteiger partial charge is 0.131 e. The molecule has 0 radical (unpaired) electrons. The van der Waals surface area contributed by atoms with Crippen LogP contribution in [-0.2, 0) is 6.42 Å². The van der Waals surface area contributed by atoms with E-state index in [9.17, 15) is 0 Å². The van der Waals surface area contributed by atoms with E-state index in [2.05, 4.69) is 49.0 Å². The molecule has 0 aliphatic rings. The van der Waals surface area contributed by atoms with E-state index in [-0.39, 0.29) is 0 Å². The molecule has 0 aliphatic carbocycles. The fraction of sp³-hybridized carbons (Fsp3) is 0.692. The molecular formula is C13H23N3S. The van der Waals surface area contributed by atoms with Crippen LogP contribution in [0.2, 0.25) is 0 Å². The Balaban J connectivity index is 2.73. The van der Waals surface area contributed by atoms with Crippen LogP contribution in [0.15, 0.2) is 11.1 Å². The first-order valence-electron chi connectivity index (χ1n) is 6.40. The quantitative estimate of drug-likeness (QED) is 0.595. The van der Waals surface area contributed by atoms with Gasteiger partial charge in [-0.15, -0.1) is 11.8 Å². The van der Waals surface area contributed by atoms with Gasteiger partial charge in [-0.05, 0) is 12.3 Å². The molecule has 0 saturated carbocycles. The summed E-state index contributed by atoms with van der Waals surface area (Å²) in [5, 5.41) is 4.42. The molecule has 0 amide bonds. The van der Waals surface area contributed by atoms with Gasteiger partial charge in [0.1, 0.15) is 16.7 Å². The van der Waals surface area contributed by atoms with Crippen molar-refractivity contribution in [2.24, 2.45) is 5.92 Å². The molecular weight excluding hydrogens is 230 g/mol. The number of aryl methyl sites for hydroxylation is 1. The molecule has 1 rings (SSSR count). The lowest BCUT2D eigenvalue weighted by Crippen LogP contribution is -2.05. The fourth-order valence-electron chi connectivity index (χ4n) is 1.30. The summed E-state index contributed by atoms with van der Waals surface area (Å²) >= 11 is 1.81.